The smallest absolute Gasteiger partial charge is 0.330 e. The summed E-state index contributed by atoms with van der Waals surface area (Å²) in [6.07, 6.45) is 0.634. The average Bonchev–Trinajstić information content (AvgIpc) is 3.00. The molecule has 0 spiro atoms. The third kappa shape index (κ3) is 3.40. The fraction of sp³-hybridized carbons (Fsp3) is 0.333. The first-order chi connectivity index (χ1) is 12.9. The van der Waals surface area contributed by atoms with E-state index in [1.165, 1.54) is 0 Å². The zero-order valence-corrected chi connectivity index (χ0v) is 16.0. The number of rotatable bonds is 5. The van der Waals surface area contributed by atoms with E-state index in [2.05, 4.69) is 4.98 Å². The lowest BCUT2D eigenvalue weighted by Gasteiger charge is -2.11. The molecule has 0 N–H and O–H groups in total. The van der Waals surface area contributed by atoms with Gasteiger partial charge in [0.2, 0.25) is 5.65 Å². The molecular weight excluding hydrogens is 372 g/mol. The van der Waals surface area contributed by atoms with Crippen LogP contribution in [0.1, 0.15) is 31.7 Å². The number of imidazole rings is 1. The molecule has 0 aliphatic rings. The Balaban J connectivity index is 2.28. The van der Waals surface area contributed by atoms with Gasteiger partial charge in [-0.15, -0.1) is 0 Å². The second kappa shape index (κ2) is 7.40. The minimum Gasteiger partial charge on any atom is -0.330 e. The SMILES string of the molecule is CCC(=O)On1c(=O)n(Cc2ccc(Cl)cc2)c(=O)c2c1nc(CC)n2C. The van der Waals surface area contributed by atoms with Crippen LogP contribution in [0, 0.1) is 0 Å². The van der Waals surface area contributed by atoms with Gasteiger partial charge in [0, 0.05) is 24.9 Å². The molecule has 0 fully saturated rings. The van der Waals surface area contributed by atoms with Gasteiger partial charge in [-0.05, 0) is 17.7 Å². The zero-order valence-electron chi connectivity index (χ0n) is 15.2. The van der Waals surface area contributed by atoms with E-state index < -0.39 is 17.2 Å². The van der Waals surface area contributed by atoms with Crippen LogP contribution in [0.3, 0.4) is 0 Å². The second-order valence-corrected chi connectivity index (χ2v) is 6.46. The first-order valence-electron chi connectivity index (χ1n) is 8.54. The van der Waals surface area contributed by atoms with E-state index in [9.17, 15) is 14.4 Å². The third-order valence-corrected chi connectivity index (χ3v) is 4.52. The van der Waals surface area contributed by atoms with Gasteiger partial charge < -0.3 is 9.40 Å². The Kier molecular flexibility index (Phi) is 5.18. The van der Waals surface area contributed by atoms with Crippen molar-refractivity contribution in [2.75, 3.05) is 0 Å². The molecular formula is C18H19ClN4O4. The highest BCUT2D eigenvalue weighted by atomic mass is 35.5. The number of hydrogen-bond acceptors (Lipinski definition) is 5. The van der Waals surface area contributed by atoms with Crippen molar-refractivity contribution in [2.24, 2.45) is 7.05 Å². The lowest BCUT2D eigenvalue weighted by atomic mass is 10.2. The van der Waals surface area contributed by atoms with Gasteiger partial charge in [0.05, 0.1) is 6.54 Å². The summed E-state index contributed by atoms with van der Waals surface area (Å²) < 4.78 is 3.44. The number of aryl methyl sites for hydroxylation is 2. The highest BCUT2D eigenvalue weighted by Crippen LogP contribution is 2.12. The third-order valence-electron chi connectivity index (χ3n) is 4.27. The van der Waals surface area contributed by atoms with Gasteiger partial charge in [-0.25, -0.2) is 14.6 Å². The Morgan fingerprint density at radius 3 is 2.44 bits per heavy atom. The summed E-state index contributed by atoms with van der Waals surface area (Å²) >= 11 is 5.89. The fourth-order valence-corrected chi connectivity index (χ4v) is 2.93. The van der Waals surface area contributed by atoms with Crippen LogP contribution in [-0.2, 0) is 24.8 Å². The van der Waals surface area contributed by atoms with Crippen LogP contribution in [0.25, 0.3) is 11.2 Å². The first-order valence-corrected chi connectivity index (χ1v) is 8.91. The molecule has 0 bridgehead atoms. The van der Waals surface area contributed by atoms with E-state index in [1.54, 1.807) is 42.8 Å². The molecule has 0 amide bonds. The quantitative estimate of drug-likeness (QED) is 0.659. The molecule has 0 atom stereocenters. The Hall–Kier alpha value is -2.87. The predicted molar refractivity (Wildman–Crippen MR) is 101 cm³/mol. The molecule has 0 aliphatic carbocycles. The van der Waals surface area contributed by atoms with Crippen LogP contribution in [-0.4, -0.2) is 24.8 Å². The molecule has 0 saturated carbocycles. The Morgan fingerprint density at radius 2 is 1.85 bits per heavy atom. The van der Waals surface area contributed by atoms with E-state index >= 15 is 0 Å². The minimum absolute atomic E-state index is 0.0150. The van der Waals surface area contributed by atoms with Crippen LogP contribution < -0.4 is 16.1 Å². The molecule has 1 aromatic carbocycles. The Labute approximate surface area is 159 Å². The Morgan fingerprint density at radius 1 is 1.19 bits per heavy atom. The molecule has 3 rings (SSSR count). The monoisotopic (exact) mass is 390 g/mol. The number of hydrogen-bond donors (Lipinski definition) is 0. The summed E-state index contributed by atoms with van der Waals surface area (Å²) in [5.74, 6) is 0.00540. The number of benzene rings is 1. The molecule has 8 nitrogen and oxygen atoms in total. The first kappa shape index (κ1) is 18.9. The number of nitrogens with zero attached hydrogens (tertiary/aromatic N) is 4. The van der Waals surface area contributed by atoms with Gasteiger partial charge in [0.1, 0.15) is 5.82 Å². The van der Waals surface area contributed by atoms with Crippen LogP contribution >= 0.6 is 11.6 Å². The van der Waals surface area contributed by atoms with Gasteiger partial charge in [0.15, 0.2) is 5.52 Å². The van der Waals surface area contributed by atoms with Crippen LogP contribution in [0.4, 0.5) is 0 Å². The van der Waals surface area contributed by atoms with Crippen LogP contribution in [0.5, 0.6) is 0 Å². The molecule has 9 heteroatoms. The maximum atomic E-state index is 13.0. The predicted octanol–water partition coefficient (Wildman–Crippen LogP) is 1.53. The van der Waals surface area contributed by atoms with Gasteiger partial charge in [0.25, 0.3) is 5.56 Å². The van der Waals surface area contributed by atoms with Crippen molar-refractivity contribution < 1.29 is 9.63 Å². The van der Waals surface area contributed by atoms with E-state index in [4.69, 9.17) is 16.4 Å². The van der Waals surface area contributed by atoms with Gasteiger partial charge in [-0.2, -0.15) is 0 Å². The molecule has 0 unspecified atom stereocenters. The summed E-state index contributed by atoms with van der Waals surface area (Å²) in [6.45, 7) is 3.51. The number of carbonyl (C=O) groups excluding carboxylic acids is 1. The summed E-state index contributed by atoms with van der Waals surface area (Å²) in [5, 5.41) is 0.551. The highest BCUT2D eigenvalue weighted by molar-refractivity contribution is 6.30. The molecule has 3 aromatic rings. The van der Waals surface area contributed by atoms with Crippen molar-refractivity contribution in [3.63, 3.8) is 0 Å². The Bertz CT molecular complexity index is 1130. The zero-order chi connectivity index (χ0) is 19.7. The lowest BCUT2D eigenvalue weighted by Crippen LogP contribution is -2.44. The number of carbonyl (C=O) groups is 1. The fourth-order valence-electron chi connectivity index (χ4n) is 2.80. The summed E-state index contributed by atoms with van der Waals surface area (Å²) in [4.78, 5) is 47.2. The summed E-state index contributed by atoms with van der Waals surface area (Å²) in [6, 6.07) is 6.80. The largest absolute Gasteiger partial charge is 0.367 e. The minimum atomic E-state index is -0.759. The lowest BCUT2D eigenvalue weighted by molar-refractivity contribution is -0.143. The molecule has 0 aliphatic heterocycles. The average molecular weight is 391 g/mol. The molecule has 27 heavy (non-hydrogen) atoms. The van der Waals surface area contributed by atoms with Crippen LogP contribution in [0.15, 0.2) is 33.9 Å². The van der Waals surface area contributed by atoms with Gasteiger partial charge in [-0.1, -0.05) is 42.3 Å². The van der Waals surface area contributed by atoms with Gasteiger partial charge >= 0.3 is 11.7 Å². The summed E-state index contributed by atoms with van der Waals surface area (Å²) in [5.41, 5.74) is -0.305. The molecule has 142 valence electrons. The van der Waals surface area contributed by atoms with Crippen LogP contribution in [0.2, 0.25) is 5.02 Å². The maximum absolute atomic E-state index is 13.0. The molecule has 2 aromatic heterocycles. The standard InChI is InChI=1S/C18H19ClN4O4/c1-4-13-20-16-15(21(13)3)17(25)22(10-11-6-8-12(19)9-7-11)18(26)23(16)27-14(24)5-2/h6-9H,4-5,10H2,1-3H3. The summed E-state index contributed by atoms with van der Waals surface area (Å²) in [7, 11) is 1.69. The normalized spacial score (nSPS) is 11.1. The number of fused-ring (bicyclic) bond motifs is 1. The molecule has 0 radical (unpaired) electrons. The van der Waals surface area contributed by atoms with E-state index in [-0.39, 0.29) is 24.1 Å². The van der Waals surface area contributed by atoms with Crippen molar-refractivity contribution in [3.8, 4) is 0 Å². The topological polar surface area (TPSA) is 88.1 Å². The maximum Gasteiger partial charge on any atom is 0.367 e. The van der Waals surface area contributed by atoms with Gasteiger partial charge in [-0.3, -0.25) is 9.36 Å². The van der Waals surface area contributed by atoms with E-state index in [0.29, 0.717) is 22.8 Å². The number of aromatic nitrogens is 4. The van der Waals surface area contributed by atoms with Crippen molar-refractivity contribution in [1.82, 2.24) is 18.8 Å². The van der Waals surface area contributed by atoms with E-state index in [1.807, 2.05) is 6.92 Å². The van der Waals surface area contributed by atoms with E-state index in [0.717, 1.165) is 9.30 Å². The molecule has 0 saturated heterocycles. The van der Waals surface area contributed by atoms with Crippen molar-refractivity contribution in [3.05, 3.63) is 61.5 Å². The second-order valence-electron chi connectivity index (χ2n) is 6.02. The van der Waals surface area contributed by atoms with Crippen molar-refractivity contribution in [2.45, 2.75) is 33.2 Å². The highest BCUT2D eigenvalue weighted by Gasteiger charge is 2.22. The van der Waals surface area contributed by atoms with Crippen molar-refractivity contribution in [1.29, 1.82) is 0 Å². The van der Waals surface area contributed by atoms with Crippen molar-refractivity contribution >= 4 is 28.7 Å². The molecule has 2 heterocycles. The number of halogens is 1.